The van der Waals surface area contributed by atoms with Crippen molar-refractivity contribution in [3.8, 4) is 0 Å². The summed E-state index contributed by atoms with van der Waals surface area (Å²) in [5.74, 6) is 0.259. The van der Waals surface area contributed by atoms with Gasteiger partial charge in [-0.25, -0.2) is 0 Å². The largest absolute Gasteiger partial charge is 0.484 e. The van der Waals surface area contributed by atoms with E-state index in [-0.39, 0.29) is 5.92 Å². The summed E-state index contributed by atoms with van der Waals surface area (Å²) in [6, 6.07) is 0. The van der Waals surface area contributed by atoms with Crippen molar-refractivity contribution in [3.63, 3.8) is 0 Å². The molecule has 4 heteroatoms. The maximum atomic E-state index is 9.13. The molecule has 0 aromatic heterocycles. The molecule has 0 saturated carbocycles. The third-order valence-electron chi connectivity index (χ3n) is 2.52. The summed E-state index contributed by atoms with van der Waals surface area (Å²) in [5.41, 5.74) is 0.726. The van der Waals surface area contributed by atoms with Crippen molar-refractivity contribution in [1.82, 2.24) is 0 Å². The van der Waals surface area contributed by atoms with Crippen molar-refractivity contribution in [1.29, 1.82) is 0 Å². The lowest BCUT2D eigenvalue weighted by Crippen LogP contribution is -2.23. The molecular weight excluding hydrogens is 179 g/mol. The molecular formula is C10H17BO3. The molecule has 2 N–H and O–H groups in total. The minimum Gasteiger partial charge on any atom is -0.423 e. The lowest BCUT2D eigenvalue weighted by atomic mass is 9.67. The molecule has 1 unspecified atom stereocenters. The van der Waals surface area contributed by atoms with E-state index in [9.17, 15) is 0 Å². The van der Waals surface area contributed by atoms with Crippen molar-refractivity contribution < 1.29 is 14.8 Å². The number of methoxy groups -OCH3 is 1. The van der Waals surface area contributed by atoms with Crippen LogP contribution in [0.1, 0.15) is 19.3 Å². The first kappa shape index (κ1) is 11.5. The molecule has 1 atom stereocenters. The first-order valence-electron chi connectivity index (χ1n) is 4.97. The summed E-state index contributed by atoms with van der Waals surface area (Å²) in [6.07, 6.45) is 8.53. The highest BCUT2D eigenvalue weighted by atomic mass is 16.5. The Morgan fingerprint density at radius 2 is 2.36 bits per heavy atom. The average Bonchev–Trinajstić information content (AvgIpc) is 2.19. The second-order valence-corrected chi connectivity index (χ2v) is 3.54. The van der Waals surface area contributed by atoms with Crippen LogP contribution in [-0.2, 0) is 4.74 Å². The fourth-order valence-electron chi connectivity index (χ4n) is 1.75. The molecule has 1 aliphatic carbocycles. The monoisotopic (exact) mass is 196 g/mol. The van der Waals surface area contributed by atoms with Crippen LogP contribution < -0.4 is 0 Å². The molecule has 1 aliphatic rings. The Hall–Kier alpha value is -0.575. The van der Waals surface area contributed by atoms with E-state index >= 15 is 0 Å². The maximum absolute atomic E-state index is 9.13. The van der Waals surface area contributed by atoms with Crippen LogP contribution in [0.4, 0.5) is 0 Å². The predicted molar refractivity (Wildman–Crippen MR) is 56.6 cm³/mol. The molecule has 0 spiro atoms. The first-order chi connectivity index (χ1) is 6.75. The second kappa shape index (κ2) is 6.01. The van der Waals surface area contributed by atoms with Crippen LogP contribution in [-0.4, -0.2) is 30.9 Å². The van der Waals surface area contributed by atoms with Gasteiger partial charge in [0.2, 0.25) is 0 Å². The molecule has 0 bridgehead atoms. The normalized spacial score (nSPS) is 20.8. The van der Waals surface area contributed by atoms with E-state index in [1.54, 1.807) is 13.2 Å². The van der Waals surface area contributed by atoms with Gasteiger partial charge >= 0.3 is 7.12 Å². The van der Waals surface area contributed by atoms with Gasteiger partial charge in [-0.3, -0.25) is 0 Å². The number of hydrogen-bond donors (Lipinski definition) is 2. The fourth-order valence-corrected chi connectivity index (χ4v) is 1.75. The van der Waals surface area contributed by atoms with Crippen LogP contribution in [0.15, 0.2) is 23.7 Å². The van der Waals surface area contributed by atoms with Crippen LogP contribution >= 0.6 is 0 Å². The molecule has 0 aromatic carbocycles. The van der Waals surface area contributed by atoms with Crippen LogP contribution in [0.3, 0.4) is 0 Å². The van der Waals surface area contributed by atoms with Gasteiger partial charge in [-0.15, -0.1) is 0 Å². The van der Waals surface area contributed by atoms with E-state index < -0.39 is 7.12 Å². The van der Waals surface area contributed by atoms with E-state index in [0.29, 0.717) is 0 Å². The Labute approximate surface area is 85.2 Å². The summed E-state index contributed by atoms with van der Waals surface area (Å²) >= 11 is 0. The van der Waals surface area contributed by atoms with Crippen molar-refractivity contribution in [3.05, 3.63) is 23.7 Å². The minimum absolute atomic E-state index is 0.259. The summed E-state index contributed by atoms with van der Waals surface area (Å²) in [7, 11) is 0.366. The van der Waals surface area contributed by atoms with E-state index in [1.165, 1.54) is 0 Å². The SMILES string of the molecule is COCCCC1CC=CC=C1B(O)O. The quantitative estimate of drug-likeness (QED) is 0.507. The topological polar surface area (TPSA) is 49.7 Å². The Kier molecular flexibility index (Phi) is 4.94. The maximum Gasteiger partial charge on any atom is 0.484 e. The lowest BCUT2D eigenvalue weighted by Gasteiger charge is -2.20. The summed E-state index contributed by atoms with van der Waals surface area (Å²) in [5, 5.41) is 18.3. The Morgan fingerprint density at radius 1 is 1.57 bits per heavy atom. The van der Waals surface area contributed by atoms with Crippen LogP contribution in [0, 0.1) is 5.92 Å². The lowest BCUT2D eigenvalue weighted by molar-refractivity contribution is 0.188. The highest BCUT2D eigenvalue weighted by molar-refractivity contribution is 6.51. The Morgan fingerprint density at radius 3 is 3.00 bits per heavy atom. The van der Waals surface area contributed by atoms with Gasteiger partial charge in [0.05, 0.1) is 0 Å². The van der Waals surface area contributed by atoms with E-state index in [2.05, 4.69) is 6.08 Å². The zero-order valence-electron chi connectivity index (χ0n) is 8.52. The van der Waals surface area contributed by atoms with E-state index in [4.69, 9.17) is 14.8 Å². The molecule has 0 heterocycles. The van der Waals surface area contributed by atoms with Crippen LogP contribution in [0.5, 0.6) is 0 Å². The van der Waals surface area contributed by atoms with Crippen LogP contribution in [0.2, 0.25) is 0 Å². The summed E-state index contributed by atoms with van der Waals surface area (Å²) in [6.45, 7) is 0.731. The molecule has 1 rings (SSSR count). The van der Waals surface area contributed by atoms with Gasteiger partial charge in [0.15, 0.2) is 0 Å². The smallest absolute Gasteiger partial charge is 0.423 e. The van der Waals surface area contributed by atoms with Gasteiger partial charge < -0.3 is 14.8 Å². The molecule has 14 heavy (non-hydrogen) atoms. The molecule has 78 valence electrons. The fraction of sp³-hybridized carbons (Fsp3) is 0.600. The molecule has 3 nitrogen and oxygen atoms in total. The Bertz CT molecular complexity index is 223. The van der Waals surface area contributed by atoms with Crippen LogP contribution in [0.25, 0.3) is 0 Å². The number of rotatable bonds is 5. The van der Waals surface area contributed by atoms with Gasteiger partial charge in [0.1, 0.15) is 0 Å². The first-order valence-corrected chi connectivity index (χ1v) is 4.97. The Balaban J connectivity index is 2.43. The van der Waals surface area contributed by atoms with Gasteiger partial charge in [-0.2, -0.15) is 0 Å². The van der Waals surface area contributed by atoms with E-state index in [0.717, 1.165) is 31.3 Å². The molecule has 0 saturated heterocycles. The molecule has 0 aliphatic heterocycles. The summed E-state index contributed by atoms with van der Waals surface area (Å²) in [4.78, 5) is 0. The highest BCUT2D eigenvalue weighted by Gasteiger charge is 2.24. The zero-order chi connectivity index (χ0) is 10.4. The third kappa shape index (κ3) is 3.29. The van der Waals surface area contributed by atoms with Gasteiger partial charge in [-0.05, 0) is 30.7 Å². The predicted octanol–water partition coefficient (Wildman–Crippen LogP) is 0.927. The molecule has 0 fully saturated rings. The standard InChI is InChI=1S/C10H17BO3/c1-14-8-4-6-9-5-2-3-7-10(9)11(12)13/h2-3,7,9,12-13H,4-6,8H2,1H3. The van der Waals surface area contributed by atoms with Crippen molar-refractivity contribution in [2.45, 2.75) is 19.3 Å². The molecule has 0 amide bonds. The van der Waals surface area contributed by atoms with Crippen molar-refractivity contribution in [2.24, 2.45) is 5.92 Å². The van der Waals surface area contributed by atoms with E-state index in [1.807, 2.05) is 6.08 Å². The molecule has 0 aromatic rings. The second-order valence-electron chi connectivity index (χ2n) is 3.54. The summed E-state index contributed by atoms with van der Waals surface area (Å²) < 4.78 is 4.97. The number of hydrogen-bond acceptors (Lipinski definition) is 3. The zero-order valence-corrected chi connectivity index (χ0v) is 8.52. The van der Waals surface area contributed by atoms with Crippen molar-refractivity contribution in [2.75, 3.05) is 13.7 Å². The van der Waals surface area contributed by atoms with Gasteiger partial charge in [0, 0.05) is 13.7 Å². The van der Waals surface area contributed by atoms with Gasteiger partial charge in [0.25, 0.3) is 0 Å². The third-order valence-corrected chi connectivity index (χ3v) is 2.52. The van der Waals surface area contributed by atoms with Gasteiger partial charge in [-0.1, -0.05) is 18.2 Å². The average molecular weight is 196 g/mol. The number of allylic oxidation sites excluding steroid dienone is 4. The number of ether oxygens (including phenoxy) is 1. The van der Waals surface area contributed by atoms with Crippen molar-refractivity contribution >= 4 is 7.12 Å². The highest BCUT2D eigenvalue weighted by Crippen LogP contribution is 2.25. The molecule has 0 radical (unpaired) electrons. The minimum atomic E-state index is -1.31.